The van der Waals surface area contributed by atoms with E-state index in [0.29, 0.717) is 0 Å². The Morgan fingerprint density at radius 2 is 2.00 bits per heavy atom. The van der Waals surface area contributed by atoms with Crippen molar-refractivity contribution >= 4 is 11.9 Å². The van der Waals surface area contributed by atoms with E-state index in [1.54, 1.807) is 19.3 Å². The number of hydrogen-bond acceptors (Lipinski definition) is 3. The van der Waals surface area contributed by atoms with Crippen LogP contribution < -0.4 is 10.8 Å². The van der Waals surface area contributed by atoms with Gasteiger partial charge in [0.25, 0.3) is 0 Å². The van der Waals surface area contributed by atoms with Crippen LogP contribution >= 0.6 is 0 Å². The highest BCUT2D eigenvalue weighted by molar-refractivity contribution is 5.81. The predicted molar refractivity (Wildman–Crippen MR) is 42.4 cm³/mol. The van der Waals surface area contributed by atoms with E-state index in [9.17, 15) is 4.79 Å². The molecule has 0 aromatic rings. The number of amides is 1. The van der Waals surface area contributed by atoms with Crippen LogP contribution in [0.1, 0.15) is 13.8 Å². The Morgan fingerprint density at radius 3 is 2.33 bits per heavy atom. The van der Waals surface area contributed by atoms with Gasteiger partial charge in [-0.05, 0) is 6.92 Å². The van der Waals surface area contributed by atoms with Gasteiger partial charge < -0.3 is 10.4 Å². The van der Waals surface area contributed by atoms with Gasteiger partial charge in [0.15, 0.2) is 0 Å². The quantitative estimate of drug-likeness (QED) is 0.240. The molecule has 0 spiro atoms. The molecule has 0 radical (unpaired) electrons. The molecule has 1 amide bonds. The summed E-state index contributed by atoms with van der Waals surface area (Å²) in [7, 11) is 0. The van der Waals surface area contributed by atoms with Gasteiger partial charge in [0.1, 0.15) is 5.84 Å². The van der Waals surface area contributed by atoms with Crippen LogP contribution in [0, 0.1) is 11.3 Å². The van der Waals surface area contributed by atoms with Crippen LogP contribution in [0.4, 0.5) is 4.79 Å². The maximum Gasteiger partial charge on any atom is 0.404 e. The number of rotatable bonds is 3. The van der Waals surface area contributed by atoms with Gasteiger partial charge in [-0.1, -0.05) is 6.92 Å². The van der Waals surface area contributed by atoms with E-state index in [4.69, 9.17) is 15.7 Å². The Bertz CT molecular complexity index is 183. The van der Waals surface area contributed by atoms with Crippen molar-refractivity contribution < 1.29 is 15.1 Å². The van der Waals surface area contributed by atoms with Gasteiger partial charge in [-0.15, -0.1) is 0 Å². The molecule has 0 aliphatic heterocycles. The summed E-state index contributed by atoms with van der Waals surface area (Å²) in [4.78, 5) is 10.2. The monoisotopic (exact) mass is 175 g/mol. The minimum Gasteiger partial charge on any atom is -0.465 e. The fourth-order valence-corrected chi connectivity index (χ4v) is 0.672. The summed E-state index contributed by atoms with van der Waals surface area (Å²) < 4.78 is 0. The van der Waals surface area contributed by atoms with Crippen LogP contribution in [-0.2, 0) is 0 Å². The Hall–Kier alpha value is -1.30. The van der Waals surface area contributed by atoms with Crippen molar-refractivity contribution in [2.45, 2.75) is 19.9 Å². The van der Waals surface area contributed by atoms with Crippen LogP contribution in [0.25, 0.3) is 0 Å². The molecule has 0 heterocycles. The zero-order valence-electron chi connectivity index (χ0n) is 6.96. The maximum atomic E-state index is 10.2. The number of carboxylic acid groups (broad SMARTS) is 1. The lowest BCUT2D eigenvalue weighted by molar-refractivity contribution is 0.187. The lowest BCUT2D eigenvalue weighted by Crippen LogP contribution is -2.42. The van der Waals surface area contributed by atoms with Crippen LogP contribution in [-0.4, -0.2) is 28.3 Å². The largest absolute Gasteiger partial charge is 0.465 e. The summed E-state index contributed by atoms with van der Waals surface area (Å²) >= 11 is 0. The van der Waals surface area contributed by atoms with Gasteiger partial charge >= 0.3 is 6.09 Å². The lowest BCUT2D eigenvalue weighted by Gasteiger charge is -2.19. The molecule has 12 heavy (non-hydrogen) atoms. The first-order valence-corrected chi connectivity index (χ1v) is 3.47. The molecule has 0 aromatic carbocycles. The Labute approximate surface area is 70.1 Å². The standard InChI is InChI=1S/C6H13N3O3/c1-3(5(7)9-12)4(2)8-6(10)11/h3-4,8,12H,1-2H3,(H2,7,9)(H,10,11)/t3-,4?/m0/s1. The number of hydrogen-bond donors (Lipinski definition) is 5. The van der Waals surface area contributed by atoms with Crippen LogP contribution in [0.15, 0.2) is 0 Å². The number of amidine groups is 1. The van der Waals surface area contributed by atoms with Gasteiger partial charge in [-0.3, -0.25) is 16.1 Å². The summed E-state index contributed by atoms with van der Waals surface area (Å²) in [5.74, 6) is -0.498. The highest BCUT2D eigenvalue weighted by Crippen LogP contribution is 2.01. The van der Waals surface area contributed by atoms with Gasteiger partial charge in [0.05, 0.1) is 0 Å². The van der Waals surface area contributed by atoms with Crippen LogP contribution in [0.3, 0.4) is 0 Å². The van der Waals surface area contributed by atoms with E-state index in [0.717, 1.165) is 0 Å². The molecule has 0 saturated carbocycles. The van der Waals surface area contributed by atoms with Crippen molar-refractivity contribution in [3.8, 4) is 0 Å². The number of carbonyl (C=O) groups is 1. The van der Waals surface area contributed by atoms with Gasteiger partial charge in [-0.2, -0.15) is 0 Å². The maximum absolute atomic E-state index is 10.2. The summed E-state index contributed by atoms with van der Waals surface area (Å²) in [6.07, 6.45) is -1.14. The topological polar surface area (TPSA) is 105 Å². The van der Waals surface area contributed by atoms with Crippen LogP contribution in [0.5, 0.6) is 0 Å². The summed E-state index contributed by atoms with van der Waals surface area (Å²) in [6.45, 7) is 3.25. The van der Waals surface area contributed by atoms with Crippen molar-refractivity contribution in [1.82, 2.24) is 10.8 Å². The Kier molecular flexibility index (Phi) is 4.06. The Balaban J connectivity index is 4.00. The fraction of sp³-hybridized carbons (Fsp3) is 0.667. The third-order valence-corrected chi connectivity index (χ3v) is 1.68. The fourth-order valence-electron chi connectivity index (χ4n) is 0.672. The van der Waals surface area contributed by atoms with Crippen molar-refractivity contribution in [3.05, 3.63) is 0 Å². The summed E-state index contributed by atoms with van der Waals surface area (Å²) in [5, 5.41) is 26.0. The summed E-state index contributed by atoms with van der Waals surface area (Å²) in [6, 6.07) is -0.408. The van der Waals surface area contributed by atoms with Crippen molar-refractivity contribution in [2.24, 2.45) is 5.92 Å². The van der Waals surface area contributed by atoms with Crippen molar-refractivity contribution in [3.63, 3.8) is 0 Å². The van der Waals surface area contributed by atoms with E-state index >= 15 is 0 Å². The Morgan fingerprint density at radius 1 is 1.50 bits per heavy atom. The molecule has 1 unspecified atom stereocenters. The second-order valence-corrected chi connectivity index (χ2v) is 2.55. The van der Waals surface area contributed by atoms with Crippen LogP contribution in [0.2, 0.25) is 0 Å². The molecule has 0 bridgehead atoms. The molecule has 0 rings (SSSR count). The number of hydroxylamine groups is 1. The molecule has 0 aromatic heterocycles. The van der Waals surface area contributed by atoms with E-state index in [-0.39, 0.29) is 11.8 Å². The van der Waals surface area contributed by atoms with Gasteiger partial charge in [0, 0.05) is 12.0 Å². The first-order chi connectivity index (χ1) is 5.49. The zero-order chi connectivity index (χ0) is 9.72. The molecular weight excluding hydrogens is 162 g/mol. The molecule has 0 fully saturated rings. The molecular formula is C6H13N3O3. The molecule has 6 heteroatoms. The SMILES string of the molecule is CC(NC(=O)O)[C@H](C)C(=N)NO. The lowest BCUT2D eigenvalue weighted by atomic mass is 10.0. The molecule has 70 valence electrons. The molecule has 5 N–H and O–H groups in total. The normalized spacial score (nSPS) is 14.6. The highest BCUT2D eigenvalue weighted by Gasteiger charge is 2.17. The first kappa shape index (κ1) is 10.7. The number of nitrogens with one attached hydrogen (secondary N) is 3. The highest BCUT2D eigenvalue weighted by atomic mass is 16.5. The third-order valence-electron chi connectivity index (χ3n) is 1.68. The first-order valence-electron chi connectivity index (χ1n) is 3.47. The van der Waals surface area contributed by atoms with Crippen molar-refractivity contribution in [1.29, 1.82) is 5.41 Å². The van der Waals surface area contributed by atoms with Crippen molar-refractivity contribution in [2.75, 3.05) is 0 Å². The smallest absolute Gasteiger partial charge is 0.404 e. The van der Waals surface area contributed by atoms with E-state index in [1.807, 2.05) is 0 Å². The second kappa shape index (κ2) is 4.55. The van der Waals surface area contributed by atoms with E-state index in [1.165, 1.54) is 0 Å². The second-order valence-electron chi connectivity index (χ2n) is 2.55. The molecule has 0 saturated heterocycles. The predicted octanol–water partition coefficient (Wildman–Crippen LogP) is 0.235. The van der Waals surface area contributed by atoms with Gasteiger partial charge in [-0.25, -0.2) is 4.79 Å². The third kappa shape index (κ3) is 3.20. The molecule has 2 atom stereocenters. The van der Waals surface area contributed by atoms with E-state index < -0.39 is 12.1 Å². The minimum atomic E-state index is -1.14. The molecule has 0 aliphatic rings. The minimum absolute atomic E-state index is 0.115. The average molecular weight is 175 g/mol. The average Bonchev–Trinajstić information content (AvgIpc) is 2.00. The zero-order valence-corrected chi connectivity index (χ0v) is 6.96. The summed E-state index contributed by atoms with van der Waals surface area (Å²) in [5.41, 5.74) is 1.67. The van der Waals surface area contributed by atoms with E-state index in [2.05, 4.69) is 5.32 Å². The molecule has 0 aliphatic carbocycles. The molecule has 6 nitrogen and oxygen atoms in total. The van der Waals surface area contributed by atoms with Gasteiger partial charge in [0.2, 0.25) is 0 Å².